The Morgan fingerprint density at radius 2 is 1.90 bits per heavy atom. The number of carboxylic acids is 2. The predicted molar refractivity (Wildman–Crippen MR) is 111 cm³/mol. The third-order valence-corrected chi connectivity index (χ3v) is 5.61. The van der Waals surface area contributed by atoms with Crippen LogP contribution in [0.3, 0.4) is 0 Å². The zero-order valence-corrected chi connectivity index (χ0v) is 16.8. The molecule has 1 atom stereocenters. The Hall–Kier alpha value is -3.30. The van der Waals surface area contributed by atoms with Crippen LogP contribution < -0.4 is 0 Å². The van der Waals surface area contributed by atoms with E-state index in [2.05, 4.69) is 9.88 Å². The molecule has 0 aliphatic carbocycles. The van der Waals surface area contributed by atoms with Crippen molar-refractivity contribution in [3.8, 4) is 0 Å². The van der Waals surface area contributed by atoms with Crippen LogP contribution in [0.25, 0.3) is 10.9 Å². The van der Waals surface area contributed by atoms with E-state index in [0.717, 1.165) is 12.1 Å². The van der Waals surface area contributed by atoms with Gasteiger partial charge in [-0.1, -0.05) is 6.07 Å². The second kappa shape index (κ2) is 8.83. The monoisotopic (exact) mass is 426 g/mol. The Morgan fingerprint density at radius 3 is 2.55 bits per heavy atom. The molecule has 1 saturated heterocycles. The van der Waals surface area contributed by atoms with Crippen LogP contribution in [0, 0.1) is 5.82 Å². The van der Waals surface area contributed by atoms with Gasteiger partial charge in [0, 0.05) is 62.3 Å². The highest BCUT2D eigenvalue weighted by Gasteiger charge is 2.33. The summed E-state index contributed by atoms with van der Waals surface area (Å²) >= 11 is 0. The number of pyridine rings is 1. The summed E-state index contributed by atoms with van der Waals surface area (Å²) in [6.45, 7) is 2.86. The normalized spacial score (nSPS) is 16.4. The van der Waals surface area contributed by atoms with Crippen LogP contribution in [0.4, 0.5) is 4.39 Å². The number of benzene rings is 1. The van der Waals surface area contributed by atoms with Crippen molar-refractivity contribution >= 4 is 22.8 Å². The van der Waals surface area contributed by atoms with Gasteiger partial charge in [0.05, 0.1) is 5.52 Å². The summed E-state index contributed by atoms with van der Waals surface area (Å²) in [6.07, 6.45) is 5.08. The average molecular weight is 426 g/mol. The lowest BCUT2D eigenvalue weighted by atomic mass is 10.0. The molecule has 8 nitrogen and oxygen atoms in total. The van der Waals surface area contributed by atoms with E-state index in [9.17, 15) is 24.2 Å². The summed E-state index contributed by atoms with van der Waals surface area (Å²) in [4.78, 5) is 31.8. The largest absolute Gasteiger partial charge is 0.480 e. The topological polar surface area (TPSA) is 98.9 Å². The fourth-order valence-electron chi connectivity index (χ4n) is 4.20. The lowest BCUT2D eigenvalue weighted by Crippen LogP contribution is -2.48. The van der Waals surface area contributed by atoms with Gasteiger partial charge in [0.25, 0.3) is 0 Å². The lowest BCUT2D eigenvalue weighted by molar-refractivity contribution is -0.144. The van der Waals surface area contributed by atoms with Gasteiger partial charge in [-0.05, 0) is 29.8 Å². The summed E-state index contributed by atoms with van der Waals surface area (Å²) in [5.74, 6) is -2.59. The van der Waals surface area contributed by atoms with Crippen molar-refractivity contribution in [1.82, 2.24) is 19.4 Å². The molecule has 162 valence electrons. The van der Waals surface area contributed by atoms with Crippen LogP contribution >= 0.6 is 0 Å². The van der Waals surface area contributed by atoms with E-state index in [4.69, 9.17) is 0 Å². The smallest absolute Gasteiger partial charge is 0.325 e. The molecule has 0 unspecified atom stereocenters. The molecule has 0 bridgehead atoms. The van der Waals surface area contributed by atoms with Crippen molar-refractivity contribution < 1.29 is 24.2 Å². The number of hydrogen-bond donors (Lipinski definition) is 2. The highest BCUT2D eigenvalue weighted by molar-refractivity contribution is 5.90. The number of nitrogens with zero attached hydrogens (tertiary/aromatic N) is 4. The van der Waals surface area contributed by atoms with Gasteiger partial charge in [-0.15, -0.1) is 0 Å². The second-order valence-corrected chi connectivity index (χ2v) is 7.68. The number of fused-ring (bicyclic) bond motifs is 1. The van der Waals surface area contributed by atoms with Gasteiger partial charge >= 0.3 is 11.9 Å². The van der Waals surface area contributed by atoms with Crippen LogP contribution in [0.15, 0.2) is 48.9 Å². The minimum absolute atomic E-state index is 0.370. The van der Waals surface area contributed by atoms with E-state index in [0.29, 0.717) is 42.6 Å². The van der Waals surface area contributed by atoms with Crippen LogP contribution in [0.5, 0.6) is 0 Å². The van der Waals surface area contributed by atoms with Gasteiger partial charge in [-0.3, -0.25) is 24.4 Å². The Bertz CT molecular complexity index is 1090. The molecule has 4 rings (SSSR count). The van der Waals surface area contributed by atoms with Gasteiger partial charge in [0.2, 0.25) is 0 Å². The van der Waals surface area contributed by atoms with E-state index in [1.54, 1.807) is 6.20 Å². The Balaban J connectivity index is 1.58. The quantitative estimate of drug-likeness (QED) is 0.598. The first kappa shape index (κ1) is 21.0. The van der Waals surface area contributed by atoms with Gasteiger partial charge in [-0.25, -0.2) is 4.39 Å². The molecule has 1 fully saturated rings. The number of aliphatic carboxylic acids is 2. The van der Waals surface area contributed by atoms with Crippen LogP contribution in [-0.2, 0) is 22.7 Å². The summed E-state index contributed by atoms with van der Waals surface area (Å²) < 4.78 is 15.2. The van der Waals surface area contributed by atoms with Crippen LogP contribution in [0.2, 0.25) is 0 Å². The Labute approximate surface area is 178 Å². The number of hydrogen-bond acceptors (Lipinski definition) is 5. The fourth-order valence-corrected chi connectivity index (χ4v) is 4.20. The molecule has 0 amide bonds. The minimum atomic E-state index is -1.08. The number of rotatable bonds is 7. The van der Waals surface area contributed by atoms with E-state index < -0.39 is 23.8 Å². The summed E-state index contributed by atoms with van der Waals surface area (Å²) in [5.41, 5.74) is 1.95. The van der Waals surface area contributed by atoms with E-state index in [1.807, 2.05) is 23.2 Å². The number of carbonyl (C=O) groups is 2. The SMILES string of the molecule is O=C(O)Cn1cc([C@@H](C(=O)O)N2CCN(Cc3cccnc3)CC2)c2ccc(F)cc21. The molecule has 1 aliphatic rings. The molecular weight excluding hydrogens is 403 g/mol. The predicted octanol–water partition coefficient (Wildman–Crippen LogP) is 2.20. The second-order valence-electron chi connectivity index (χ2n) is 7.68. The molecule has 0 saturated carbocycles. The van der Waals surface area contributed by atoms with Crippen molar-refractivity contribution in [2.24, 2.45) is 0 Å². The summed E-state index contributed by atoms with van der Waals surface area (Å²) in [7, 11) is 0. The molecule has 1 aromatic carbocycles. The number of aromatic nitrogens is 2. The summed E-state index contributed by atoms with van der Waals surface area (Å²) in [6, 6.07) is 6.99. The Morgan fingerprint density at radius 1 is 1.13 bits per heavy atom. The number of piperazine rings is 1. The molecule has 0 spiro atoms. The first-order valence-electron chi connectivity index (χ1n) is 10.0. The fraction of sp³-hybridized carbons (Fsp3) is 0.318. The Kier molecular flexibility index (Phi) is 5.97. The zero-order chi connectivity index (χ0) is 22.0. The molecular formula is C22H23FN4O4. The van der Waals surface area contributed by atoms with Gasteiger partial charge in [0.1, 0.15) is 18.4 Å². The molecule has 3 aromatic rings. The van der Waals surface area contributed by atoms with Crippen molar-refractivity contribution in [1.29, 1.82) is 0 Å². The maximum atomic E-state index is 13.8. The highest BCUT2D eigenvalue weighted by atomic mass is 19.1. The lowest BCUT2D eigenvalue weighted by Gasteiger charge is -2.37. The number of halogens is 1. The van der Waals surface area contributed by atoms with E-state index in [-0.39, 0.29) is 6.54 Å². The molecule has 0 radical (unpaired) electrons. The third kappa shape index (κ3) is 4.57. The third-order valence-electron chi connectivity index (χ3n) is 5.61. The van der Waals surface area contributed by atoms with Crippen LogP contribution in [-0.4, -0.2) is 67.7 Å². The van der Waals surface area contributed by atoms with Crippen molar-refractivity contribution in [2.75, 3.05) is 26.2 Å². The van der Waals surface area contributed by atoms with E-state index >= 15 is 0 Å². The van der Waals surface area contributed by atoms with Crippen LogP contribution in [0.1, 0.15) is 17.2 Å². The van der Waals surface area contributed by atoms with E-state index in [1.165, 1.54) is 29.0 Å². The first-order valence-corrected chi connectivity index (χ1v) is 10.0. The zero-order valence-electron chi connectivity index (χ0n) is 16.8. The van der Waals surface area contributed by atoms with Gasteiger partial charge in [-0.2, -0.15) is 0 Å². The van der Waals surface area contributed by atoms with Crippen molar-refractivity contribution in [2.45, 2.75) is 19.1 Å². The maximum absolute atomic E-state index is 13.8. The molecule has 9 heteroatoms. The summed E-state index contributed by atoms with van der Waals surface area (Å²) in [5, 5.41) is 19.8. The van der Waals surface area contributed by atoms with Gasteiger partial charge < -0.3 is 14.8 Å². The minimum Gasteiger partial charge on any atom is -0.480 e. The van der Waals surface area contributed by atoms with Crippen molar-refractivity contribution in [3.63, 3.8) is 0 Å². The maximum Gasteiger partial charge on any atom is 0.325 e. The standard InChI is InChI=1S/C22H23FN4O4/c23-16-3-4-17-18(13-27(14-20(28)29)19(17)10-16)21(22(30)31)26-8-6-25(7-9-26)12-15-2-1-5-24-11-15/h1-5,10-11,13,21H,6-9,12,14H2,(H,28,29)(H,30,31)/t21-/m0/s1. The number of carboxylic acid groups (broad SMARTS) is 2. The molecule has 3 heterocycles. The molecule has 31 heavy (non-hydrogen) atoms. The molecule has 1 aliphatic heterocycles. The highest BCUT2D eigenvalue weighted by Crippen LogP contribution is 2.32. The molecule has 2 N–H and O–H groups in total. The van der Waals surface area contributed by atoms with Crippen molar-refractivity contribution in [3.05, 3.63) is 65.9 Å². The van der Waals surface area contributed by atoms with Gasteiger partial charge in [0.15, 0.2) is 0 Å². The first-order chi connectivity index (χ1) is 14.9. The average Bonchev–Trinajstić information content (AvgIpc) is 3.06. The molecule has 2 aromatic heterocycles.